The number of piperazine rings is 1. The van der Waals surface area contributed by atoms with Gasteiger partial charge in [-0.2, -0.15) is 5.10 Å². The number of carbonyl (C=O) groups is 1. The molecule has 8 nitrogen and oxygen atoms in total. The van der Waals surface area contributed by atoms with Gasteiger partial charge < -0.3 is 15.5 Å². The summed E-state index contributed by atoms with van der Waals surface area (Å²) in [6, 6.07) is 6.78. The van der Waals surface area contributed by atoms with Crippen LogP contribution < -0.4 is 20.4 Å². The third kappa shape index (κ3) is 3.61. The van der Waals surface area contributed by atoms with Crippen LogP contribution in [-0.2, 0) is 6.42 Å². The number of amides is 2. The maximum atomic E-state index is 13.2. The van der Waals surface area contributed by atoms with Gasteiger partial charge in [0.15, 0.2) is 0 Å². The summed E-state index contributed by atoms with van der Waals surface area (Å²) >= 11 is 0. The van der Waals surface area contributed by atoms with Crippen LogP contribution in [0.2, 0.25) is 0 Å². The van der Waals surface area contributed by atoms with Crippen molar-refractivity contribution in [2.75, 3.05) is 34.8 Å². The van der Waals surface area contributed by atoms with E-state index in [1.165, 1.54) is 5.69 Å². The zero-order valence-electron chi connectivity index (χ0n) is 18.5. The first kappa shape index (κ1) is 19.8. The Morgan fingerprint density at radius 3 is 2.74 bits per heavy atom. The topological polar surface area (TPSA) is 77.8 Å². The third-order valence-electron chi connectivity index (χ3n) is 6.15. The Morgan fingerprint density at radius 1 is 1.19 bits per heavy atom. The summed E-state index contributed by atoms with van der Waals surface area (Å²) in [4.78, 5) is 22.0. The lowest BCUT2D eigenvalue weighted by Crippen LogP contribution is -2.54. The lowest BCUT2D eigenvalue weighted by atomic mass is 10.1. The van der Waals surface area contributed by atoms with E-state index in [9.17, 15) is 4.79 Å². The van der Waals surface area contributed by atoms with E-state index < -0.39 is 0 Å². The van der Waals surface area contributed by atoms with Crippen LogP contribution in [0.1, 0.15) is 30.7 Å². The molecule has 0 aliphatic carbocycles. The number of nitrogens with zero attached hydrogens (tertiary/aromatic N) is 5. The van der Waals surface area contributed by atoms with Crippen molar-refractivity contribution in [2.45, 2.75) is 46.2 Å². The summed E-state index contributed by atoms with van der Waals surface area (Å²) in [6.45, 7) is 10.9. The van der Waals surface area contributed by atoms with Gasteiger partial charge in [0.1, 0.15) is 5.82 Å². The van der Waals surface area contributed by atoms with Crippen LogP contribution in [0.3, 0.4) is 0 Å². The number of hydrogen-bond acceptors (Lipinski definition) is 5. The zero-order valence-corrected chi connectivity index (χ0v) is 18.5. The molecule has 0 aromatic carbocycles. The first-order chi connectivity index (χ1) is 14.9. The largest absolute Gasteiger partial charge is 0.368 e. The molecule has 162 valence electrons. The van der Waals surface area contributed by atoms with Gasteiger partial charge in [-0.15, -0.1) is 0 Å². The van der Waals surface area contributed by atoms with Crippen LogP contribution >= 0.6 is 0 Å². The summed E-state index contributed by atoms with van der Waals surface area (Å²) in [5.74, 6) is 0.771. The quantitative estimate of drug-likeness (QED) is 0.667. The van der Waals surface area contributed by atoms with Crippen LogP contribution in [0.4, 0.5) is 22.0 Å². The van der Waals surface area contributed by atoms with Crippen molar-refractivity contribution in [3.63, 3.8) is 0 Å². The summed E-state index contributed by atoms with van der Waals surface area (Å²) in [7, 11) is 0. The Hall–Kier alpha value is -3.13. The van der Waals surface area contributed by atoms with Crippen molar-refractivity contribution in [1.82, 2.24) is 19.9 Å². The van der Waals surface area contributed by atoms with E-state index in [-0.39, 0.29) is 6.03 Å². The molecule has 1 fully saturated rings. The number of aryl methyl sites for hydroxylation is 2. The highest BCUT2D eigenvalue weighted by Crippen LogP contribution is 2.35. The van der Waals surface area contributed by atoms with Crippen LogP contribution in [0.25, 0.3) is 5.52 Å². The Balaban J connectivity index is 1.40. The molecular weight excluding hydrogens is 390 g/mol. The highest BCUT2D eigenvalue weighted by atomic mass is 16.2. The fourth-order valence-electron chi connectivity index (χ4n) is 4.87. The van der Waals surface area contributed by atoms with Crippen molar-refractivity contribution in [2.24, 2.45) is 0 Å². The Labute approximate surface area is 182 Å². The van der Waals surface area contributed by atoms with Crippen molar-refractivity contribution >= 4 is 28.7 Å². The molecule has 5 rings (SSSR count). The van der Waals surface area contributed by atoms with Crippen LogP contribution in [0.5, 0.6) is 0 Å². The van der Waals surface area contributed by atoms with Gasteiger partial charge in [-0.05, 0) is 57.9 Å². The first-order valence-corrected chi connectivity index (χ1v) is 10.9. The molecule has 31 heavy (non-hydrogen) atoms. The number of pyridine rings is 2. The van der Waals surface area contributed by atoms with Gasteiger partial charge in [-0.25, -0.2) is 14.3 Å². The molecule has 1 saturated heterocycles. The standard InChI is InChI=1S/C23H29N7O/c1-14-11-30-18(9-15(2)27-30)10-20(14)26-23(31)29-8-6-19-21(5-7-24-22(19)29)28-12-16(3)25-17(4)13-28/h5,7,9-11,16-17,25H,6,8,12-13H2,1-4H3,(H,26,31)/t16-,17+. The van der Waals surface area contributed by atoms with Gasteiger partial charge in [0, 0.05) is 61.0 Å². The minimum atomic E-state index is -0.144. The lowest BCUT2D eigenvalue weighted by Gasteiger charge is -2.38. The van der Waals surface area contributed by atoms with E-state index in [0.29, 0.717) is 18.6 Å². The highest BCUT2D eigenvalue weighted by Gasteiger charge is 2.31. The molecule has 2 N–H and O–H groups in total. The van der Waals surface area contributed by atoms with Gasteiger partial charge in [0.05, 0.1) is 11.2 Å². The predicted molar refractivity (Wildman–Crippen MR) is 123 cm³/mol. The average molecular weight is 420 g/mol. The molecule has 3 aromatic rings. The van der Waals surface area contributed by atoms with E-state index in [2.05, 4.69) is 45.5 Å². The molecule has 2 aliphatic heterocycles. The number of rotatable bonds is 2. The molecule has 8 heteroatoms. The average Bonchev–Trinajstić information content (AvgIpc) is 3.29. The molecule has 0 saturated carbocycles. The number of carbonyl (C=O) groups excluding carboxylic acids is 1. The molecule has 0 radical (unpaired) electrons. The molecular formula is C23H29N7O. The van der Waals surface area contributed by atoms with Crippen LogP contribution in [0.15, 0.2) is 30.6 Å². The zero-order chi connectivity index (χ0) is 21.7. The summed E-state index contributed by atoms with van der Waals surface area (Å²) in [5.41, 5.74) is 6.04. The van der Waals surface area contributed by atoms with Crippen LogP contribution in [0, 0.1) is 13.8 Å². The fourth-order valence-corrected chi connectivity index (χ4v) is 4.87. The SMILES string of the molecule is Cc1cc2cc(NC(=O)N3CCc4c(N5C[C@@H](C)N[C@@H](C)C5)ccnc43)c(C)cn2n1. The normalized spacial score (nSPS) is 20.9. The number of fused-ring (bicyclic) bond motifs is 2. The van der Waals surface area contributed by atoms with Crippen LogP contribution in [-0.4, -0.2) is 52.3 Å². The Bertz CT molecular complexity index is 1140. The number of aromatic nitrogens is 3. The summed E-state index contributed by atoms with van der Waals surface area (Å²) in [6.07, 6.45) is 4.58. The lowest BCUT2D eigenvalue weighted by molar-refractivity contribution is 0.257. The second-order valence-electron chi connectivity index (χ2n) is 8.86. The van der Waals surface area contributed by atoms with E-state index in [0.717, 1.165) is 53.4 Å². The molecule has 2 atom stereocenters. The predicted octanol–water partition coefficient (Wildman–Crippen LogP) is 3.13. The third-order valence-corrected chi connectivity index (χ3v) is 6.15. The minimum absolute atomic E-state index is 0.144. The molecule has 0 spiro atoms. The van der Waals surface area contributed by atoms with Gasteiger partial charge in [-0.1, -0.05) is 0 Å². The van der Waals surface area contributed by atoms with Gasteiger partial charge >= 0.3 is 6.03 Å². The van der Waals surface area contributed by atoms with E-state index in [1.807, 2.05) is 42.9 Å². The fraction of sp³-hybridized carbons (Fsp3) is 0.435. The second kappa shape index (κ2) is 7.53. The Morgan fingerprint density at radius 2 is 1.97 bits per heavy atom. The maximum absolute atomic E-state index is 13.2. The highest BCUT2D eigenvalue weighted by molar-refractivity contribution is 6.03. The van der Waals surface area contributed by atoms with Gasteiger partial charge in [0.25, 0.3) is 0 Å². The number of hydrogen-bond donors (Lipinski definition) is 2. The van der Waals surface area contributed by atoms with Gasteiger partial charge in [-0.3, -0.25) is 4.90 Å². The monoisotopic (exact) mass is 419 g/mol. The molecule has 2 amide bonds. The van der Waals surface area contributed by atoms with Crippen molar-refractivity contribution in [3.05, 3.63) is 47.4 Å². The van der Waals surface area contributed by atoms with E-state index in [4.69, 9.17) is 0 Å². The number of anilines is 3. The first-order valence-electron chi connectivity index (χ1n) is 10.9. The maximum Gasteiger partial charge on any atom is 0.327 e. The second-order valence-corrected chi connectivity index (χ2v) is 8.86. The molecule has 0 unspecified atom stereocenters. The smallest absolute Gasteiger partial charge is 0.327 e. The molecule has 5 heterocycles. The van der Waals surface area contributed by atoms with E-state index >= 15 is 0 Å². The summed E-state index contributed by atoms with van der Waals surface area (Å²) < 4.78 is 1.84. The van der Waals surface area contributed by atoms with Crippen molar-refractivity contribution in [3.8, 4) is 0 Å². The molecule has 0 bridgehead atoms. The van der Waals surface area contributed by atoms with Crippen molar-refractivity contribution < 1.29 is 4.79 Å². The minimum Gasteiger partial charge on any atom is -0.368 e. The summed E-state index contributed by atoms with van der Waals surface area (Å²) in [5, 5.41) is 11.1. The number of nitrogens with one attached hydrogen (secondary N) is 2. The van der Waals surface area contributed by atoms with E-state index in [1.54, 1.807) is 4.90 Å². The molecule has 2 aliphatic rings. The number of urea groups is 1. The Kier molecular flexibility index (Phi) is 4.81. The van der Waals surface area contributed by atoms with Gasteiger partial charge in [0.2, 0.25) is 0 Å². The van der Waals surface area contributed by atoms with Crippen molar-refractivity contribution in [1.29, 1.82) is 0 Å². The molecule has 3 aromatic heterocycles.